The van der Waals surface area contributed by atoms with Crippen molar-refractivity contribution in [1.82, 2.24) is 10.6 Å². The lowest BCUT2D eigenvalue weighted by atomic mass is 10.1. The highest BCUT2D eigenvalue weighted by atomic mass is 32.1. The summed E-state index contributed by atoms with van der Waals surface area (Å²) in [4.78, 5) is 28.1. The minimum atomic E-state index is -0.611. The molecule has 2 atom stereocenters. The second kappa shape index (κ2) is 8.96. The summed E-state index contributed by atoms with van der Waals surface area (Å²) in [5, 5.41) is 15.5. The van der Waals surface area contributed by atoms with Crippen LogP contribution >= 0.6 is 11.3 Å². The van der Waals surface area contributed by atoms with Crippen LogP contribution in [0.15, 0.2) is 30.3 Å². The van der Waals surface area contributed by atoms with Crippen molar-refractivity contribution in [2.75, 3.05) is 31.6 Å². The summed E-state index contributed by atoms with van der Waals surface area (Å²) < 4.78 is 5.57. The van der Waals surface area contributed by atoms with Gasteiger partial charge in [-0.3, -0.25) is 9.59 Å². The Morgan fingerprint density at radius 3 is 3.13 bits per heavy atom. The van der Waals surface area contributed by atoms with Gasteiger partial charge in [0.05, 0.1) is 12.5 Å². The summed E-state index contributed by atoms with van der Waals surface area (Å²) in [6.45, 7) is 1.83. The highest BCUT2D eigenvalue weighted by Gasteiger charge is 2.25. The molecule has 1 aromatic carbocycles. The Morgan fingerprint density at radius 2 is 2.30 bits per heavy atom. The standard InChI is InChI=1S/C22H24N4O3S/c1-26-18-9-15(4-3-14(18)10-21(26)27)20-6-5-17(30-20)11-16(12-23)25-22(28)19-13-24-7-2-8-29-19/h3-6,9,16,19,24H,2,7-8,10-11,13H2,1H3,(H,25,28)/t16-,19?/m0/s1. The Kier molecular flexibility index (Phi) is 6.13. The van der Waals surface area contributed by atoms with Crippen LogP contribution in [0.3, 0.4) is 0 Å². The number of amides is 2. The third-order valence-corrected chi connectivity index (χ3v) is 6.58. The highest BCUT2D eigenvalue weighted by Crippen LogP contribution is 2.35. The van der Waals surface area contributed by atoms with Gasteiger partial charge in [-0.1, -0.05) is 12.1 Å². The maximum absolute atomic E-state index is 12.4. The molecule has 1 saturated heterocycles. The Labute approximate surface area is 179 Å². The number of nitrogens with one attached hydrogen (secondary N) is 2. The van der Waals surface area contributed by atoms with Crippen LogP contribution in [0.1, 0.15) is 16.9 Å². The van der Waals surface area contributed by atoms with E-state index in [1.165, 1.54) is 0 Å². The van der Waals surface area contributed by atoms with Crippen molar-refractivity contribution in [2.45, 2.75) is 31.4 Å². The molecular weight excluding hydrogens is 400 g/mol. The van der Waals surface area contributed by atoms with E-state index in [0.29, 0.717) is 26.0 Å². The second-order valence-corrected chi connectivity index (χ2v) is 8.72. The fourth-order valence-electron chi connectivity index (χ4n) is 3.72. The number of fused-ring (bicyclic) bond motifs is 1. The molecule has 8 heteroatoms. The maximum atomic E-state index is 12.4. The number of ether oxygens (including phenoxy) is 1. The molecule has 0 aliphatic carbocycles. The molecule has 0 saturated carbocycles. The van der Waals surface area contributed by atoms with Gasteiger partial charge in [-0.05, 0) is 42.3 Å². The lowest BCUT2D eigenvalue weighted by Gasteiger charge is -2.17. The topological polar surface area (TPSA) is 94.5 Å². The SMILES string of the molecule is CN1C(=O)Cc2ccc(-c3ccc(C[C@@H](C#N)NC(=O)C4CNCCCO4)s3)cc21. The normalized spacial score (nSPS) is 19.7. The van der Waals surface area contributed by atoms with Gasteiger partial charge in [-0.25, -0.2) is 0 Å². The molecule has 3 heterocycles. The molecule has 2 N–H and O–H groups in total. The predicted molar refractivity (Wildman–Crippen MR) is 115 cm³/mol. The van der Waals surface area contributed by atoms with E-state index in [1.54, 1.807) is 23.3 Å². The van der Waals surface area contributed by atoms with E-state index >= 15 is 0 Å². The lowest BCUT2D eigenvalue weighted by Crippen LogP contribution is -2.46. The quantitative estimate of drug-likeness (QED) is 0.764. The van der Waals surface area contributed by atoms with Gasteiger partial charge in [-0.15, -0.1) is 11.3 Å². The summed E-state index contributed by atoms with van der Waals surface area (Å²) in [7, 11) is 1.80. The first kappa shape index (κ1) is 20.5. The molecule has 2 amide bonds. The van der Waals surface area contributed by atoms with Gasteiger partial charge in [0, 0.05) is 42.1 Å². The second-order valence-electron chi connectivity index (χ2n) is 7.55. The van der Waals surface area contributed by atoms with Gasteiger partial charge in [0.15, 0.2) is 0 Å². The van der Waals surface area contributed by atoms with E-state index in [9.17, 15) is 14.9 Å². The summed E-state index contributed by atoms with van der Waals surface area (Å²) in [6, 6.07) is 11.7. The molecule has 2 aliphatic heterocycles. The van der Waals surface area contributed by atoms with Crippen LogP contribution in [0.4, 0.5) is 5.69 Å². The number of rotatable bonds is 5. The molecule has 2 aliphatic rings. The summed E-state index contributed by atoms with van der Waals surface area (Å²) in [6.07, 6.45) is 1.20. The molecule has 4 rings (SSSR count). The van der Waals surface area contributed by atoms with Crippen molar-refractivity contribution in [2.24, 2.45) is 0 Å². The van der Waals surface area contributed by atoms with Crippen LogP contribution in [0.25, 0.3) is 10.4 Å². The minimum Gasteiger partial charge on any atom is -0.367 e. The monoisotopic (exact) mass is 424 g/mol. The van der Waals surface area contributed by atoms with Crippen LogP contribution in [0.5, 0.6) is 0 Å². The van der Waals surface area contributed by atoms with Gasteiger partial charge < -0.3 is 20.3 Å². The fourth-order valence-corrected chi connectivity index (χ4v) is 4.76. The molecule has 0 spiro atoms. The van der Waals surface area contributed by atoms with Crippen LogP contribution in [0, 0.1) is 11.3 Å². The van der Waals surface area contributed by atoms with Gasteiger partial charge in [0.1, 0.15) is 12.1 Å². The highest BCUT2D eigenvalue weighted by molar-refractivity contribution is 7.15. The molecule has 156 valence electrons. The van der Waals surface area contributed by atoms with E-state index in [0.717, 1.165) is 39.5 Å². The van der Waals surface area contributed by atoms with Crippen molar-refractivity contribution in [1.29, 1.82) is 5.26 Å². The van der Waals surface area contributed by atoms with Gasteiger partial charge in [0.2, 0.25) is 5.91 Å². The van der Waals surface area contributed by atoms with Crippen molar-refractivity contribution >= 4 is 28.8 Å². The van der Waals surface area contributed by atoms with Crippen molar-refractivity contribution < 1.29 is 14.3 Å². The number of carbonyl (C=O) groups excluding carboxylic acids is 2. The van der Waals surface area contributed by atoms with E-state index in [-0.39, 0.29) is 11.8 Å². The lowest BCUT2D eigenvalue weighted by molar-refractivity contribution is -0.132. The van der Waals surface area contributed by atoms with Gasteiger partial charge in [-0.2, -0.15) is 5.26 Å². The average molecular weight is 425 g/mol. The summed E-state index contributed by atoms with van der Waals surface area (Å²) >= 11 is 1.59. The van der Waals surface area contributed by atoms with Crippen LogP contribution in [-0.2, 0) is 27.2 Å². The number of hydrogen-bond acceptors (Lipinski definition) is 6. The van der Waals surface area contributed by atoms with Gasteiger partial charge >= 0.3 is 0 Å². The largest absolute Gasteiger partial charge is 0.367 e. The molecule has 1 aromatic heterocycles. The van der Waals surface area contributed by atoms with E-state index in [1.807, 2.05) is 30.3 Å². The molecule has 7 nitrogen and oxygen atoms in total. The maximum Gasteiger partial charge on any atom is 0.251 e. The number of benzene rings is 1. The number of carbonyl (C=O) groups is 2. The number of thiophene rings is 1. The average Bonchev–Trinajstić information content (AvgIpc) is 3.19. The van der Waals surface area contributed by atoms with Crippen LogP contribution in [-0.4, -0.2) is 50.7 Å². The third kappa shape index (κ3) is 4.38. The zero-order chi connectivity index (χ0) is 21.1. The van der Waals surface area contributed by atoms with Crippen molar-refractivity contribution in [3.63, 3.8) is 0 Å². The number of nitriles is 1. The van der Waals surface area contributed by atoms with E-state index in [4.69, 9.17) is 4.74 Å². The number of nitrogens with zero attached hydrogens (tertiary/aromatic N) is 2. The first-order chi connectivity index (χ1) is 14.5. The Balaban J connectivity index is 1.42. The molecular formula is C22H24N4O3S. The van der Waals surface area contributed by atoms with E-state index in [2.05, 4.69) is 16.7 Å². The zero-order valence-electron chi connectivity index (χ0n) is 16.8. The molecule has 2 aromatic rings. The Morgan fingerprint density at radius 1 is 1.43 bits per heavy atom. The molecule has 1 unspecified atom stereocenters. The first-order valence-corrected chi connectivity index (χ1v) is 10.9. The third-order valence-electron chi connectivity index (χ3n) is 5.43. The number of likely N-dealkylation sites (N-methyl/N-ethyl adjacent to an activating group) is 1. The number of anilines is 1. The number of hydrogen-bond donors (Lipinski definition) is 2. The van der Waals surface area contributed by atoms with Crippen molar-refractivity contribution in [3.05, 3.63) is 40.8 Å². The first-order valence-electron chi connectivity index (χ1n) is 10.1. The van der Waals surface area contributed by atoms with E-state index < -0.39 is 12.1 Å². The Bertz CT molecular complexity index is 989. The smallest absolute Gasteiger partial charge is 0.251 e. The molecule has 1 fully saturated rings. The summed E-state index contributed by atoms with van der Waals surface area (Å²) in [5.41, 5.74) is 3.04. The van der Waals surface area contributed by atoms with Crippen LogP contribution in [0.2, 0.25) is 0 Å². The van der Waals surface area contributed by atoms with Crippen LogP contribution < -0.4 is 15.5 Å². The predicted octanol–water partition coefficient (Wildman–Crippen LogP) is 1.86. The van der Waals surface area contributed by atoms with Crippen molar-refractivity contribution in [3.8, 4) is 16.5 Å². The fraction of sp³-hybridized carbons (Fsp3) is 0.409. The molecule has 0 radical (unpaired) electrons. The zero-order valence-corrected chi connectivity index (χ0v) is 17.6. The molecule has 0 bridgehead atoms. The van der Waals surface area contributed by atoms with Gasteiger partial charge in [0.25, 0.3) is 5.91 Å². The summed E-state index contributed by atoms with van der Waals surface area (Å²) in [5.74, 6) is -0.145. The minimum absolute atomic E-state index is 0.106. The Hall–Kier alpha value is -2.73. The molecule has 30 heavy (non-hydrogen) atoms.